The van der Waals surface area contributed by atoms with Crippen molar-refractivity contribution in [3.05, 3.63) is 11.6 Å². The fraction of sp³-hybridized carbons (Fsp3) is 0.842. The average Bonchev–Trinajstić information content (AvgIpc) is 3.15. The van der Waals surface area contributed by atoms with Crippen molar-refractivity contribution in [2.45, 2.75) is 64.3 Å². The van der Waals surface area contributed by atoms with Crippen molar-refractivity contribution in [1.29, 1.82) is 0 Å². The maximum Gasteiger partial charge on any atom is 0.193 e. The van der Waals surface area contributed by atoms with Crippen molar-refractivity contribution in [2.75, 3.05) is 26.7 Å². The highest BCUT2D eigenvalue weighted by Crippen LogP contribution is 2.35. The monoisotopic (exact) mass is 472 g/mol. The van der Waals surface area contributed by atoms with E-state index in [9.17, 15) is 0 Å². The van der Waals surface area contributed by atoms with E-state index in [2.05, 4.69) is 30.0 Å². The van der Waals surface area contributed by atoms with E-state index in [0.717, 1.165) is 49.6 Å². The van der Waals surface area contributed by atoms with Gasteiger partial charge in [0.15, 0.2) is 5.96 Å². The summed E-state index contributed by atoms with van der Waals surface area (Å²) in [5.41, 5.74) is 0. The van der Waals surface area contributed by atoms with E-state index in [0.29, 0.717) is 0 Å². The van der Waals surface area contributed by atoms with Gasteiger partial charge in [-0.2, -0.15) is 0 Å². The van der Waals surface area contributed by atoms with Crippen molar-refractivity contribution in [2.24, 2.45) is 16.8 Å². The van der Waals surface area contributed by atoms with E-state index in [1.54, 1.807) is 0 Å². The van der Waals surface area contributed by atoms with Gasteiger partial charge in [-0.15, -0.1) is 34.2 Å². The van der Waals surface area contributed by atoms with Crippen LogP contribution in [0.25, 0.3) is 0 Å². The van der Waals surface area contributed by atoms with Crippen LogP contribution in [0.15, 0.2) is 4.99 Å². The van der Waals surface area contributed by atoms with Crippen molar-refractivity contribution in [3.8, 4) is 0 Å². The van der Waals surface area contributed by atoms with Crippen LogP contribution in [-0.4, -0.2) is 52.3 Å². The van der Waals surface area contributed by atoms with Gasteiger partial charge in [0.25, 0.3) is 0 Å². The number of nitrogens with one attached hydrogen (secondary N) is 1. The standard InChI is InChI=1S/C19H32N6.HI/c1-20-19(24-13-15-7-4-5-8-16(15)14-24)21-11-10-18-23-22-17-9-3-2-6-12-25(17)18;/h15-16H,2-14H2,1H3,(H,20,21);1H. The van der Waals surface area contributed by atoms with E-state index in [1.807, 2.05) is 7.05 Å². The second kappa shape index (κ2) is 9.37. The molecule has 0 bridgehead atoms. The Morgan fingerprint density at radius 1 is 1.08 bits per heavy atom. The third-order valence-electron chi connectivity index (χ3n) is 6.31. The molecule has 1 aromatic heterocycles. The van der Waals surface area contributed by atoms with Crippen molar-refractivity contribution < 1.29 is 0 Å². The van der Waals surface area contributed by atoms with Gasteiger partial charge in [-0.3, -0.25) is 4.99 Å². The Morgan fingerprint density at radius 2 is 1.85 bits per heavy atom. The minimum absolute atomic E-state index is 0. The summed E-state index contributed by atoms with van der Waals surface area (Å²) in [5, 5.41) is 12.4. The first kappa shape index (κ1) is 19.9. The first-order valence-electron chi connectivity index (χ1n) is 10.2. The molecule has 3 heterocycles. The minimum atomic E-state index is 0. The summed E-state index contributed by atoms with van der Waals surface area (Å²) in [7, 11) is 1.91. The Hall–Kier alpha value is -0.860. The molecule has 6 nitrogen and oxygen atoms in total. The molecular weight excluding hydrogens is 439 g/mol. The summed E-state index contributed by atoms with van der Waals surface area (Å²) in [6.07, 6.45) is 11.5. The number of aromatic nitrogens is 3. The lowest BCUT2D eigenvalue weighted by molar-refractivity contribution is 0.299. The highest BCUT2D eigenvalue weighted by Gasteiger charge is 2.35. The molecule has 1 aliphatic carbocycles. The number of guanidine groups is 1. The molecule has 146 valence electrons. The predicted molar refractivity (Wildman–Crippen MR) is 115 cm³/mol. The van der Waals surface area contributed by atoms with Gasteiger partial charge in [0, 0.05) is 46.1 Å². The Bertz CT molecular complexity index is 599. The third kappa shape index (κ3) is 4.34. The van der Waals surface area contributed by atoms with Gasteiger partial charge in [0.1, 0.15) is 11.6 Å². The molecule has 1 N–H and O–H groups in total. The summed E-state index contributed by atoms with van der Waals surface area (Å²) in [6.45, 7) is 4.34. The number of likely N-dealkylation sites (tertiary alicyclic amines) is 1. The van der Waals surface area contributed by atoms with Crippen LogP contribution in [0.5, 0.6) is 0 Å². The van der Waals surface area contributed by atoms with Gasteiger partial charge in [0.05, 0.1) is 0 Å². The van der Waals surface area contributed by atoms with Crippen LogP contribution >= 0.6 is 24.0 Å². The zero-order chi connectivity index (χ0) is 17.1. The zero-order valence-corrected chi connectivity index (χ0v) is 18.3. The highest BCUT2D eigenvalue weighted by atomic mass is 127. The summed E-state index contributed by atoms with van der Waals surface area (Å²) in [5.74, 6) is 5.17. The highest BCUT2D eigenvalue weighted by molar-refractivity contribution is 14.0. The van der Waals surface area contributed by atoms with Crippen LogP contribution < -0.4 is 5.32 Å². The molecule has 4 rings (SSSR count). The molecule has 0 radical (unpaired) electrons. The number of nitrogens with zero attached hydrogens (tertiary/aromatic N) is 5. The average molecular weight is 472 g/mol. The van der Waals surface area contributed by atoms with Gasteiger partial charge < -0.3 is 14.8 Å². The van der Waals surface area contributed by atoms with Gasteiger partial charge >= 0.3 is 0 Å². The van der Waals surface area contributed by atoms with Gasteiger partial charge in [-0.1, -0.05) is 19.3 Å². The van der Waals surface area contributed by atoms with Crippen LogP contribution in [0.2, 0.25) is 0 Å². The second-order valence-electron chi connectivity index (χ2n) is 7.93. The fourth-order valence-corrected chi connectivity index (χ4v) is 4.93. The largest absolute Gasteiger partial charge is 0.356 e. The second-order valence-corrected chi connectivity index (χ2v) is 7.93. The summed E-state index contributed by atoms with van der Waals surface area (Å²) in [6, 6.07) is 0. The molecule has 1 saturated heterocycles. The van der Waals surface area contributed by atoms with Crippen molar-refractivity contribution >= 4 is 29.9 Å². The molecular formula is C19H33IN6. The van der Waals surface area contributed by atoms with E-state index in [4.69, 9.17) is 0 Å². The lowest BCUT2D eigenvalue weighted by Crippen LogP contribution is -2.41. The van der Waals surface area contributed by atoms with Gasteiger partial charge in [0.2, 0.25) is 0 Å². The molecule has 0 aromatic carbocycles. The number of hydrogen-bond acceptors (Lipinski definition) is 3. The quantitative estimate of drug-likeness (QED) is 0.418. The van der Waals surface area contributed by atoms with Crippen LogP contribution in [-0.2, 0) is 19.4 Å². The molecule has 0 amide bonds. The molecule has 26 heavy (non-hydrogen) atoms. The van der Waals surface area contributed by atoms with Crippen molar-refractivity contribution in [1.82, 2.24) is 25.0 Å². The van der Waals surface area contributed by atoms with Crippen LogP contribution in [0.3, 0.4) is 0 Å². The topological polar surface area (TPSA) is 58.3 Å². The van der Waals surface area contributed by atoms with Gasteiger partial charge in [-0.25, -0.2) is 0 Å². The third-order valence-corrected chi connectivity index (χ3v) is 6.31. The molecule has 2 fully saturated rings. The summed E-state index contributed by atoms with van der Waals surface area (Å²) < 4.78 is 2.35. The Kier molecular flexibility index (Phi) is 7.17. The maximum atomic E-state index is 4.54. The number of rotatable bonds is 3. The number of halogens is 1. The van der Waals surface area contributed by atoms with Crippen LogP contribution in [0.4, 0.5) is 0 Å². The lowest BCUT2D eigenvalue weighted by atomic mass is 9.82. The number of aryl methyl sites for hydroxylation is 1. The van der Waals surface area contributed by atoms with E-state index < -0.39 is 0 Å². The Morgan fingerprint density at radius 3 is 2.58 bits per heavy atom. The molecule has 7 heteroatoms. The molecule has 3 aliphatic rings. The Labute approximate surface area is 174 Å². The van der Waals surface area contributed by atoms with E-state index in [1.165, 1.54) is 63.9 Å². The summed E-state index contributed by atoms with van der Waals surface area (Å²) in [4.78, 5) is 7.02. The zero-order valence-electron chi connectivity index (χ0n) is 16.0. The van der Waals surface area contributed by atoms with Crippen LogP contribution in [0.1, 0.15) is 56.6 Å². The van der Waals surface area contributed by atoms with Crippen molar-refractivity contribution in [3.63, 3.8) is 0 Å². The molecule has 2 unspecified atom stereocenters. The predicted octanol–water partition coefficient (Wildman–Crippen LogP) is 2.86. The fourth-order valence-electron chi connectivity index (χ4n) is 4.93. The molecule has 2 atom stereocenters. The molecule has 2 aliphatic heterocycles. The maximum absolute atomic E-state index is 4.54. The minimum Gasteiger partial charge on any atom is -0.356 e. The normalized spacial score (nSPS) is 25.9. The Balaban J connectivity index is 0.00000196. The number of aliphatic imine (C=N–C) groups is 1. The number of hydrogen-bond donors (Lipinski definition) is 1. The first-order chi connectivity index (χ1) is 12.3. The lowest BCUT2D eigenvalue weighted by Gasteiger charge is -2.22. The molecule has 1 aromatic rings. The summed E-state index contributed by atoms with van der Waals surface area (Å²) >= 11 is 0. The SMILES string of the molecule is CN=C(NCCc1nnc2n1CCCCC2)N1CC2CCCCC2C1.I. The first-order valence-corrected chi connectivity index (χ1v) is 10.2. The van der Waals surface area contributed by atoms with Gasteiger partial charge in [-0.05, 0) is 37.5 Å². The number of fused-ring (bicyclic) bond motifs is 2. The van der Waals surface area contributed by atoms with E-state index >= 15 is 0 Å². The molecule has 1 saturated carbocycles. The molecule has 0 spiro atoms. The van der Waals surface area contributed by atoms with E-state index in [-0.39, 0.29) is 24.0 Å². The smallest absolute Gasteiger partial charge is 0.193 e. The van der Waals surface area contributed by atoms with Crippen LogP contribution in [0, 0.1) is 11.8 Å².